The molecule has 2 aliphatic heterocycles. The van der Waals surface area contributed by atoms with Crippen LogP contribution in [0, 0.1) is 25.5 Å². The van der Waals surface area contributed by atoms with Crippen LogP contribution in [-0.4, -0.2) is 44.9 Å². The maximum absolute atomic E-state index is 13.6. The summed E-state index contributed by atoms with van der Waals surface area (Å²) in [5, 5.41) is 11.0. The molecule has 2 bridgehead atoms. The fourth-order valence-electron chi connectivity index (χ4n) is 4.14. The molecule has 150 valence electrons. The molecule has 0 spiro atoms. The van der Waals surface area contributed by atoms with Crippen molar-refractivity contribution >= 4 is 17.5 Å². The average molecular weight is 397 g/mol. The van der Waals surface area contributed by atoms with Crippen molar-refractivity contribution in [3.8, 4) is 5.82 Å². The molecule has 3 aromatic rings. The van der Waals surface area contributed by atoms with Crippen LogP contribution in [0.5, 0.6) is 0 Å². The highest BCUT2D eigenvalue weighted by atomic mass is 19.2. The number of benzene rings is 1. The zero-order valence-corrected chi connectivity index (χ0v) is 16.2. The second-order valence-electron chi connectivity index (χ2n) is 7.65. The Bertz CT molecular complexity index is 1080. The van der Waals surface area contributed by atoms with Crippen molar-refractivity contribution in [3.05, 3.63) is 53.4 Å². The van der Waals surface area contributed by atoms with Gasteiger partial charge in [-0.05, 0) is 38.5 Å². The van der Waals surface area contributed by atoms with Crippen LogP contribution < -0.4 is 15.5 Å². The quantitative estimate of drug-likeness (QED) is 0.706. The predicted octanol–water partition coefficient (Wildman–Crippen LogP) is 2.85. The molecule has 0 unspecified atom stereocenters. The molecule has 9 heteroatoms. The molecular weight excluding hydrogens is 376 g/mol. The second-order valence-corrected chi connectivity index (χ2v) is 7.65. The van der Waals surface area contributed by atoms with Gasteiger partial charge < -0.3 is 15.5 Å². The summed E-state index contributed by atoms with van der Waals surface area (Å²) in [4.78, 5) is 11.5. The Morgan fingerprint density at radius 2 is 1.90 bits per heavy atom. The normalized spacial score (nSPS) is 20.5. The molecule has 2 N–H and O–H groups in total. The van der Waals surface area contributed by atoms with Gasteiger partial charge in [-0.25, -0.2) is 13.5 Å². The number of piperazine rings is 1. The first-order valence-corrected chi connectivity index (χ1v) is 9.61. The van der Waals surface area contributed by atoms with Crippen LogP contribution in [0.4, 0.5) is 26.2 Å². The summed E-state index contributed by atoms with van der Waals surface area (Å²) in [5.74, 6) is -0.0863. The predicted molar refractivity (Wildman–Crippen MR) is 106 cm³/mol. The van der Waals surface area contributed by atoms with E-state index in [0.29, 0.717) is 29.5 Å². The number of hydrogen-bond donors (Lipinski definition) is 2. The van der Waals surface area contributed by atoms with Gasteiger partial charge in [0.15, 0.2) is 17.5 Å². The standard InChI is InChI=1S/C20H21F2N7/c1-11-5-12(2)29(27-11)19-8-18(28-10-14-6-15(28)9-23-14)25-20(26-19)24-13-3-4-16(21)17(22)7-13/h3-5,7-8,14-15,23H,6,9-10H2,1-2H3,(H,24,25,26)/t14-,15-/m0/s1. The fourth-order valence-corrected chi connectivity index (χ4v) is 4.14. The van der Waals surface area contributed by atoms with Gasteiger partial charge in [0, 0.05) is 48.7 Å². The van der Waals surface area contributed by atoms with Crippen molar-refractivity contribution < 1.29 is 8.78 Å². The van der Waals surface area contributed by atoms with Crippen LogP contribution >= 0.6 is 0 Å². The van der Waals surface area contributed by atoms with E-state index in [-0.39, 0.29) is 0 Å². The number of halogens is 2. The van der Waals surface area contributed by atoms with E-state index in [4.69, 9.17) is 0 Å². The smallest absolute Gasteiger partial charge is 0.231 e. The molecule has 0 radical (unpaired) electrons. The molecule has 7 nitrogen and oxygen atoms in total. The lowest BCUT2D eigenvalue weighted by atomic mass is 10.2. The molecule has 2 saturated heterocycles. The number of rotatable bonds is 4. The Hall–Kier alpha value is -3.07. The third-order valence-corrected chi connectivity index (χ3v) is 5.45. The zero-order chi connectivity index (χ0) is 20.1. The summed E-state index contributed by atoms with van der Waals surface area (Å²) in [5.41, 5.74) is 2.22. The number of anilines is 3. The van der Waals surface area contributed by atoms with Crippen LogP contribution in [0.3, 0.4) is 0 Å². The number of fused-ring (bicyclic) bond motifs is 2. The summed E-state index contributed by atoms with van der Waals surface area (Å²) < 4.78 is 28.7. The number of hydrogen-bond acceptors (Lipinski definition) is 6. The molecule has 0 aliphatic carbocycles. The van der Waals surface area contributed by atoms with Gasteiger partial charge in [-0.15, -0.1) is 0 Å². The van der Waals surface area contributed by atoms with Crippen LogP contribution in [-0.2, 0) is 0 Å². The van der Waals surface area contributed by atoms with E-state index in [9.17, 15) is 8.78 Å². The zero-order valence-electron chi connectivity index (χ0n) is 16.2. The Balaban J connectivity index is 1.56. The van der Waals surface area contributed by atoms with Gasteiger partial charge in [0.05, 0.1) is 5.69 Å². The monoisotopic (exact) mass is 397 g/mol. The first kappa shape index (κ1) is 18.0. The average Bonchev–Trinajstić information content (AvgIpc) is 3.40. The molecule has 2 atom stereocenters. The summed E-state index contributed by atoms with van der Waals surface area (Å²) in [7, 11) is 0. The van der Waals surface area contributed by atoms with Gasteiger partial charge in [-0.3, -0.25) is 0 Å². The lowest BCUT2D eigenvalue weighted by molar-refractivity contribution is 0.509. The minimum absolute atomic E-state index is 0.312. The van der Waals surface area contributed by atoms with Crippen molar-refractivity contribution in [2.45, 2.75) is 32.4 Å². The Morgan fingerprint density at radius 3 is 2.55 bits per heavy atom. The largest absolute Gasteiger partial charge is 0.350 e. The molecule has 2 aliphatic rings. The fraction of sp³-hybridized carbons (Fsp3) is 0.350. The highest BCUT2D eigenvalue weighted by Gasteiger charge is 2.38. The van der Waals surface area contributed by atoms with Gasteiger partial charge in [-0.2, -0.15) is 15.1 Å². The summed E-state index contributed by atoms with van der Waals surface area (Å²) >= 11 is 0. The summed E-state index contributed by atoms with van der Waals surface area (Å²) in [6, 6.07) is 8.39. The van der Waals surface area contributed by atoms with Crippen LogP contribution in [0.1, 0.15) is 17.8 Å². The van der Waals surface area contributed by atoms with Crippen molar-refractivity contribution in [3.63, 3.8) is 0 Å². The van der Waals surface area contributed by atoms with E-state index in [2.05, 4.69) is 30.6 Å². The summed E-state index contributed by atoms with van der Waals surface area (Å²) in [6.07, 6.45) is 1.09. The van der Waals surface area contributed by atoms with Gasteiger partial charge in [-0.1, -0.05) is 0 Å². The number of nitrogens with one attached hydrogen (secondary N) is 2. The molecule has 2 aromatic heterocycles. The molecule has 0 amide bonds. The SMILES string of the molecule is Cc1cc(C)n(-c2cc(N3C[C@@H]4C[C@H]3CN4)nc(Nc3ccc(F)c(F)c3)n2)n1. The van der Waals surface area contributed by atoms with Gasteiger partial charge in [0.25, 0.3) is 0 Å². The topological polar surface area (TPSA) is 70.9 Å². The Kier molecular flexibility index (Phi) is 4.20. The van der Waals surface area contributed by atoms with E-state index >= 15 is 0 Å². The molecule has 1 aromatic carbocycles. The summed E-state index contributed by atoms with van der Waals surface area (Å²) in [6.45, 7) is 5.70. The van der Waals surface area contributed by atoms with E-state index < -0.39 is 11.6 Å². The first-order chi connectivity index (χ1) is 14.0. The third-order valence-electron chi connectivity index (χ3n) is 5.45. The molecule has 0 saturated carbocycles. The molecule has 2 fully saturated rings. The Labute approximate surface area is 166 Å². The van der Waals surface area contributed by atoms with Gasteiger partial charge in [0.2, 0.25) is 5.95 Å². The second kappa shape index (κ2) is 6.77. The molecule has 4 heterocycles. The molecular formula is C20H21F2N7. The van der Waals surface area contributed by atoms with Crippen LogP contribution in [0.15, 0.2) is 30.3 Å². The van der Waals surface area contributed by atoms with E-state index in [1.807, 2.05) is 26.0 Å². The molecule has 29 heavy (non-hydrogen) atoms. The maximum atomic E-state index is 13.6. The van der Waals surface area contributed by atoms with Gasteiger partial charge >= 0.3 is 0 Å². The Morgan fingerprint density at radius 1 is 1.07 bits per heavy atom. The molecule has 5 rings (SSSR count). The lowest BCUT2D eigenvalue weighted by Crippen LogP contribution is -2.44. The van der Waals surface area contributed by atoms with Crippen molar-refractivity contribution in [2.75, 3.05) is 23.3 Å². The van der Waals surface area contributed by atoms with E-state index in [1.165, 1.54) is 6.07 Å². The maximum Gasteiger partial charge on any atom is 0.231 e. The highest BCUT2D eigenvalue weighted by Crippen LogP contribution is 2.30. The minimum atomic E-state index is -0.923. The lowest BCUT2D eigenvalue weighted by Gasteiger charge is -2.29. The van der Waals surface area contributed by atoms with Crippen LogP contribution in [0.2, 0.25) is 0 Å². The van der Waals surface area contributed by atoms with E-state index in [0.717, 1.165) is 48.8 Å². The van der Waals surface area contributed by atoms with E-state index in [1.54, 1.807) is 4.68 Å². The van der Waals surface area contributed by atoms with Crippen molar-refractivity contribution in [1.82, 2.24) is 25.1 Å². The van der Waals surface area contributed by atoms with Gasteiger partial charge in [0.1, 0.15) is 5.82 Å². The number of aromatic nitrogens is 4. The minimum Gasteiger partial charge on any atom is -0.350 e. The highest BCUT2D eigenvalue weighted by molar-refractivity contribution is 5.58. The number of aryl methyl sites for hydroxylation is 2. The first-order valence-electron chi connectivity index (χ1n) is 9.61. The third kappa shape index (κ3) is 3.31. The van der Waals surface area contributed by atoms with Crippen LogP contribution in [0.25, 0.3) is 5.82 Å². The number of nitrogens with zero attached hydrogens (tertiary/aromatic N) is 5. The van der Waals surface area contributed by atoms with Crippen molar-refractivity contribution in [2.24, 2.45) is 0 Å². The van der Waals surface area contributed by atoms with Crippen molar-refractivity contribution in [1.29, 1.82) is 0 Å².